The van der Waals surface area contributed by atoms with Gasteiger partial charge in [0.15, 0.2) is 11.5 Å². The molecule has 0 aliphatic carbocycles. The number of aromatic nitrogens is 2. The highest BCUT2D eigenvalue weighted by atomic mass is 16.7. The van der Waals surface area contributed by atoms with E-state index in [0.29, 0.717) is 42.3 Å². The number of ether oxygens (including phenoxy) is 2. The molecule has 2 aromatic carbocycles. The first-order valence-corrected chi connectivity index (χ1v) is 9.63. The fraction of sp³-hybridized carbons (Fsp3) is 0.227. The first kappa shape index (κ1) is 19.5. The summed E-state index contributed by atoms with van der Waals surface area (Å²) in [7, 11) is 0. The Morgan fingerprint density at radius 2 is 2.00 bits per heavy atom. The van der Waals surface area contributed by atoms with E-state index >= 15 is 0 Å². The van der Waals surface area contributed by atoms with Crippen molar-refractivity contribution in [3.8, 4) is 11.5 Å². The minimum atomic E-state index is -0.222. The maximum absolute atomic E-state index is 12.6. The van der Waals surface area contributed by atoms with E-state index in [1.165, 1.54) is 0 Å². The van der Waals surface area contributed by atoms with E-state index in [1.54, 1.807) is 23.0 Å². The van der Waals surface area contributed by atoms with Gasteiger partial charge in [0.25, 0.3) is 5.91 Å². The van der Waals surface area contributed by atoms with E-state index in [9.17, 15) is 9.59 Å². The van der Waals surface area contributed by atoms with Crippen LogP contribution in [-0.4, -0.2) is 28.4 Å². The molecule has 0 saturated heterocycles. The Labute approximate surface area is 173 Å². The Balaban J connectivity index is 1.35. The zero-order chi connectivity index (χ0) is 20.9. The third-order valence-corrected chi connectivity index (χ3v) is 4.79. The van der Waals surface area contributed by atoms with Crippen molar-refractivity contribution in [1.82, 2.24) is 15.1 Å². The number of aryl methyl sites for hydroxylation is 2. The molecule has 2 heterocycles. The topological polar surface area (TPSA) is 94.5 Å². The Morgan fingerprint density at radius 3 is 2.83 bits per heavy atom. The summed E-state index contributed by atoms with van der Waals surface area (Å²) in [6.07, 6.45) is 3.78. The number of anilines is 1. The van der Waals surface area contributed by atoms with Gasteiger partial charge >= 0.3 is 0 Å². The minimum Gasteiger partial charge on any atom is -0.454 e. The predicted octanol–water partition coefficient (Wildman–Crippen LogP) is 2.88. The third kappa shape index (κ3) is 4.60. The van der Waals surface area contributed by atoms with Gasteiger partial charge in [-0.05, 0) is 48.4 Å². The summed E-state index contributed by atoms with van der Waals surface area (Å²) in [5.74, 6) is 1.03. The predicted molar refractivity (Wildman–Crippen MR) is 110 cm³/mol. The average molecular weight is 406 g/mol. The summed E-state index contributed by atoms with van der Waals surface area (Å²) in [5, 5.41) is 9.85. The fourth-order valence-electron chi connectivity index (χ4n) is 3.09. The van der Waals surface area contributed by atoms with Crippen LogP contribution in [0.3, 0.4) is 0 Å². The Hall–Kier alpha value is -3.81. The second kappa shape index (κ2) is 8.69. The number of fused-ring (bicyclic) bond motifs is 1. The van der Waals surface area contributed by atoms with Crippen molar-refractivity contribution in [1.29, 1.82) is 0 Å². The summed E-state index contributed by atoms with van der Waals surface area (Å²) in [6, 6.07) is 12.6. The molecule has 1 aliphatic heterocycles. The lowest BCUT2D eigenvalue weighted by atomic mass is 10.1. The molecule has 0 bridgehead atoms. The van der Waals surface area contributed by atoms with Crippen molar-refractivity contribution in [3.63, 3.8) is 0 Å². The van der Waals surface area contributed by atoms with E-state index in [2.05, 4.69) is 15.7 Å². The van der Waals surface area contributed by atoms with Crippen molar-refractivity contribution >= 4 is 17.5 Å². The van der Waals surface area contributed by atoms with E-state index in [-0.39, 0.29) is 18.6 Å². The molecule has 0 atom stereocenters. The van der Waals surface area contributed by atoms with Gasteiger partial charge in [-0.15, -0.1) is 0 Å². The molecule has 1 aliphatic rings. The number of nitrogens with one attached hydrogen (secondary N) is 2. The molecular formula is C22H22N4O4. The zero-order valence-corrected chi connectivity index (χ0v) is 16.6. The highest BCUT2D eigenvalue weighted by Gasteiger charge is 2.14. The second-order valence-electron chi connectivity index (χ2n) is 6.97. The molecule has 0 unspecified atom stereocenters. The summed E-state index contributed by atoms with van der Waals surface area (Å²) < 4.78 is 12.4. The van der Waals surface area contributed by atoms with Crippen molar-refractivity contribution in [2.75, 3.05) is 12.1 Å². The van der Waals surface area contributed by atoms with Gasteiger partial charge < -0.3 is 20.1 Å². The van der Waals surface area contributed by atoms with Crippen LogP contribution in [0.5, 0.6) is 11.5 Å². The normalized spacial score (nSPS) is 11.9. The Bertz CT molecular complexity index is 1060. The second-order valence-corrected chi connectivity index (χ2v) is 6.97. The molecule has 8 heteroatoms. The van der Waals surface area contributed by atoms with Crippen LogP contribution < -0.4 is 20.1 Å². The van der Waals surface area contributed by atoms with Crippen LogP contribution in [-0.2, 0) is 17.9 Å². The molecule has 3 aromatic rings. The molecule has 0 radical (unpaired) electrons. The highest BCUT2D eigenvalue weighted by Crippen LogP contribution is 2.32. The maximum Gasteiger partial charge on any atom is 0.251 e. The van der Waals surface area contributed by atoms with Crippen LogP contribution in [0, 0.1) is 6.92 Å². The molecule has 0 fully saturated rings. The van der Waals surface area contributed by atoms with Crippen LogP contribution in [0.1, 0.15) is 27.9 Å². The maximum atomic E-state index is 12.6. The molecule has 30 heavy (non-hydrogen) atoms. The molecule has 2 N–H and O–H groups in total. The number of nitrogens with zero attached hydrogens (tertiary/aromatic N) is 2. The number of amides is 2. The lowest BCUT2D eigenvalue weighted by molar-refractivity contribution is -0.116. The van der Waals surface area contributed by atoms with E-state index in [1.807, 2.05) is 43.5 Å². The SMILES string of the molecule is Cc1ccc(C(=O)NCc2ccc3c(c2)OCO3)cc1NC(=O)CCn1cccn1. The third-order valence-electron chi connectivity index (χ3n) is 4.79. The Kier molecular flexibility index (Phi) is 5.65. The van der Waals surface area contributed by atoms with Gasteiger partial charge in [0, 0.05) is 43.2 Å². The van der Waals surface area contributed by atoms with E-state index in [4.69, 9.17) is 9.47 Å². The van der Waals surface area contributed by atoms with Gasteiger partial charge in [-0.25, -0.2) is 0 Å². The monoisotopic (exact) mass is 406 g/mol. The summed E-state index contributed by atoms with van der Waals surface area (Å²) in [5.41, 5.74) is 2.89. The molecule has 0 saturated carbocycles. The van der Waals surface area contributed by atoms with Crippen molar-refractivity contribution in [2.45, 2.75) is 26.4 Å². The van der Waals surface area contributed by atoms with E-state index in [0.717, 1.165) is 11.1 Å². The average Bonchev–Trinajstić information content (AvgIpc) is 3.43. The minimum absolute atomic E-state index is 0.133. The van der Waals surface area contributed by atoms with Crippen molar-refractivity contribution < 1.29 is 19.1 Å². The standard InChI is InChI=1S/C22H22N4O4/c1-15-3-5-17(12-18(15)25-21(27)7-10-26-9-2-8-24-26)22(28)23-13-16-4-6-19-20(11-16)30-14-29-19/h2-6,8-9,11-12H,7,10,13-14H2,1H3,(H,23,28)(H,25,27). The highest BCUT2D eigenvalue weighted by molar-refractivity contribution is 5.97. The Morgan fingerprint density at radius 1 is 1.13 bits per heavy atom. The molecule has 2 amide bonds. The molecule has 4 rings (SSSR count). The lowest BCUT2D eigenvalue weighted by Gasteiger charge is -2.11. The van der Waals surface area contributed by atoms with Gasteiger partial charge in [0.05, 0.1) is 0 Å². The zero-order valence-electron chi connectivity index (χ0n) is 16.6. The van der Waals surface area contributed by atoms with Crippen LogP contribution in [0.4, 0.5) is 5.69 Å². The van der Waals surface area contributed by atoms with Gasteiger partial charge in [0.2, 0.25) is 12.7 Å². The molecule has 8 nitrogen and oxygen atoms in total. The smallest absolute Gasteiger partial charge is 0.251 e. The number of benzene rings is 2. The van der Waals surface area contributed by atoms with Crippen LogP contribution >= 0.6 is 0 Å². The largest absolute Gasteiger partial charge is 0.454 e. The first-order valence-electron chi connectivity index (χ1n) is 9.63. The number of hydrogen-bond donors (Lipinski definition) is 2. The number of carbonyl (C=O) groups is 2. The molecular weight excluding hydrogens is 384 g/mol. The van der Waals surface area contributed by atoms with E-state index < -0.39 is 0 Å². The first-order chi connectivity index (χ1) is 14.6. The van der Waals surface area contributed by atoms with Crippen molar-refractivity contribution in [2.24, 2.45) is 0 Å². The van der Waals surface area contributed by atoms with Gasteiger partial charge in [0.1, 0.15) is 0 Å². The number of rotatable bonds is 7. The summed E-state index contributed by atoms with van der Waals surface area (Å²) >= 11 is 0. The summed E-state index contributed by atoms with van der Waals surface area (Å²) in [6.45, 7) is 2.95. The number of hydrogen-bond acceptors (Lipinski definition) is 5. The van der Waals surface area contributed by atoms with Crippen LogP contribution in [0.15, 0.2) is 54.9 Å². The molecule has 0 spiro atoms. The quantitative estimate of drug-likeness (QED) is 0.629. The van der Waals surface area contributed by atoms with Crippen LogP contribution in [0.2, 0.25) is 0 Å². The lowest BCUT2D eigenvalue weighted by Crippen LogP contribution is -2.23. The van der Waals surface area contributed by atoms with Crippen LogP contribution in [0.25, 0.3) is 0 Å². The van der Waals surface area contributed by atoms with Gasteiger partial charge in [-0.2, -0.15) is 5.10 Å². The van der Waals surface area contributed by atoms with Gasteiger partial charge in [-0.3, -0.25) is 14.3 Å². The fourth-order valence-corrected chi connectivity index (χ4v) is 3.09. The molecule has 1 aromatic heterocycles. The summed E-state index contributed by atoms with van der Waals surface area (Å²) in [4.78, 5) is 24.9. The van der Waals surface area contributed by atoms with Crippen molar-refractivity contribution in [3.05, 3.63) is 71.5 Å². The molecule has 154 valence electrons. The van der Waals surface area contributed by atoms with Gasteiger partial charge in [-0.1, -0.05) is 12.1 Å². The number of carbonyl (C=O) groups excluding carboxylic acids is 2.